The fourth-order valence-electron chi connectivity index (χ4n) is 3.27. The van der Waals surface area contributed by atoms with E-state index in [0.717, 1.165) is 5.75 Å². The summed E-state index contributed by atoms with van der Waals surface area (Å²) in [7, 11) is 1.61. The first-order valence-electron chi connectivity index (χ1n) is 10.8. The summed E-state index contributed by atoms with van der Waals surface area (Å²) in [5, 5.41) is 11.5. The average molecular weight is 473 g/mol. The molecule has 0 saturated heterocycles. The Morgan fingerprint density at radius 2 is 1.76 bits per heavy atom. The third-order valence-corrected chi connectivity index (χ3v) is 6.31. The second-order valence-corrected chi connectivity index (χ2v) is 8.89. The maximum absolute atomic E-state index is 14.0. The molecule has 33 heavy (non-hydrogen) atoms. The number of halogens is 1. The predicted molar refractivity (Wildman–Crippen MR) is 127 cm³/mol. The van der Waals surface area contributed by atoms with Gasteiger partial charge in [-0.05, 0) is 63.6 Å². The van der Waals surface area contributed by atoms with E-state index in [1.54, 1.807) is 19.2 Å². The van der Waals surface area contributed by atoms with E-state index >= 15 is 0 Å². The lowest BCUT2D eigenvalue weighted by molar-refractivity contribution is -0.115. The maximum atomic E-state index is 14.0. The molecule has 1 heterocycles. The van der Waals surface area contributed by atoms with Crippen molar-refractivity contribution in [2.24, 2.45) is 0 Å². The highest BCUT2D eigenvalue weighted by atomic mass is 32.2. The molecule has 7 nitrogen and oxygen atoms in total. The molecule has 0 saturated carbocycles. The Hall–Kier alpha value is -3.07. The number of rotatable bonds is 10. The van der Waals surface area contributed by atoms with Gasteiger partial charge in [0.1, 0.15) is 17.3 Å². The minimum Gasteiger partial charge on any atom is -0.497 e. The number of aromatic nitrogens is 3. The molecule has 0 spiro atoms. The smallest absolute Gasteiger partial charge is 0.238 e. The highest BCUT2D eigenvalue weighted by Gasteiger charge is 2.26. The Morgan fingerprint density at radius 3 is 2.36 bits per heavy atom. The number of carbonyl (C=O) groups excluding carboxylic acids is 1. The number of nitrogens with one attached hydrogen (secondary N) is 1. The number of hydrogen-bond donors (Lipinski definition) is 1. The van der Waals surface area contributed by atoms with Crippen LogP contribution in [0.1, 0.15) is 52.1 Å². The van der Waals surface area contributed by atoms with Crippen LogP contribution in [0.4, 0.5) is 10.1 Å². The minimum absolute atomic E-state index is 0.0477. The number of benzene rings is 2. The molecule has 3 aromatic rings. The molecule has 1 amide bonds. The molecule has 0 aliphatic carbocycles. The summed E-state index contributed by atoms with van der Waals surface area (Å²) in [6, 6.07) is 13.5. The summed E-state index contributed by atoms with van der Waals surface area (Å²) in [6.45, 7) is 7.86. The first-order valence-corrected chi connectivity index (χ1v) is 11.7. The largest absolute Gasteiger partial charge is 0.497 e. The predicted octanol–water partition coefficient (Wildman–Crippen LogP) is 5.66. The van der Waals surface area contributed by atoms with Gasteiger partial charge in [-0.25, -0.2) is 4.39 Å². The lowest BCUT2D eigenvalue weighted by atomic mass is 10.2. The van der Waals surface area contributed by atoms with Crippen molar-refractivity contribution >= 4 is 23.4 Å². The molecule has 0 fully saturated rings. The lowest BCUT2D eigenvalue weighted by Gasteiger charge is -2.20. The van der Waals surface area contributed by atoms with E-state index in [-0.39, 0.29) is 23.7 Å². The molecule has 9 heteroatoms. The summed E-state index contributed by atoms with van der Waals surface area (Å²) in [4.78, 5) is 12.8. The summed E-state index contributed by atoms with van der Waals surface area (Å²) in [5.74, 6) is 1.34. The summed E-state index contributed by atoms with van der Waals surface area (Å²) in [6.07, 6.45) is 0.179. The van der Waals surface area contributed by atoms with Gasteiger partial charge in [0.25, 0.3) is 0 Å². The number of hydrogen-bond acceptors (Lipinski definition) is 6. The molecule has 1 N–H and O–H groups in total. The quantitative estimate of drug-likeness (QED) is 0.384. The van der Waals surface area contributed by atoms with Gasteiger partial charge in [-0.2, -0.15) is 0 Å². The molecule has 0 bridgehead atoms. The van der Waals surface area contributed by atoms with Gasteiger partial charge in [0, 0.05) is 6.04 Å². The van der Waals surface area contributed by atoms with Crippen molar-refractivity contribution in [3.63, 3.8) is 0 Å². The second-order valence-electron chi connectivity index (χ2n) is 7.72. The Morgan fingerprint density at radius 1 is 1.09 bits per heavy atom. The van der Waals surface area contributed by atoms with Gasteiger partial charge in [0.2, 0.25) is 5.91 Å². The zero-order chi connectivity index (χ0) is 24.0. The van der Waals surface area contributed by atoms with E-state index in [2.05, 4.69) is 15.5 Å². The van der Waals surface area contributed by atoms with Crippen molar-refractivity contribution in [3.05, 3.63) is 60.2 Å². The third-order valence-electron chi connectivity index (χ3n) is 4.99. The number of ether oxygens (including phenoxy) is 2. The third kappa shape index (κ3) is 6.04. The summed E-state index contributed by atoms with van der Waals surface area (Å²) >= 11 is 1.31. The average Bonchev–Trinajstić information content (AvgIpc) is 3.23. The molecule has 3 rings (SSSR count). The highest BCUT2D eigenvalue weighted by Crippen LogP contribution is 2.31. The Balaban J connectivity index is 1.77. The Kier molecular flexibility index (Phi) is 8.32. The van der Waals surface area contributed by atoms with Crippen LogP contribution in [-0.2, 0) is 4.79 Å². The van der Waals surface area contributed by atoms with E-state index in [1.165, 1.54) is 23.9 Å². The van der Waals surface area contributed by atoms with Gasteiger partial charge in [-0.3, -0.25) is 4.79 Å². The maximum Gasteiger partial charge on any atom is 0.238 e. The number of methoxy groups -OCH3 is 1. The van der Waals surface area contributed by atoms with E-state index < -0.39 is 11.1 Å². The molecule has 0 aliphatic rings. The Labute approximate surface area is 197 Å². The van der Waals surface area contributed by atoms with E-state index in [4.69, 9.17) is 9.47 Å². The zero-order valence-corrected chi connectivity index (χ0v) is 20.2. The number of thioether (sulfide) groups is 1. The first kappa shape index (κ1) is 24.6. The number of amides is 1. The number of anilines is 1. The second kappa shape index (κ2) is 11.2. The van der Waals surface area contributed by atoms with Crippen LogP contribution >= 0.6 is 11.8 Å². The molecule has 2 aromatic carbocycles. The van der Waals surface area contributed by atoms with Crippen LogP contribution in [0.5, 0.6) is 11.5 Å². The topological polar surface area (TPSA) is 78.3 Å². The van der Waals surface area contributed by atoms with Gasteiger partial charge >= 0.3 is 0 Å². The van der Waals surface area contributed by atoms with Crippen molar-refractivity contribution < 1.29 is 18.7 Å². The monoisotopic (exact) mass is 472 g/mol. The summed E-state index contributed by atoms with van der Waals surface area (Å²) < 4.78 is 27.2. The standard InChI is InChI=1S/C24H29FN4O3S/c1-6-21(23(30)26-20-10-8-7-9-19(20)25)33-24-28-27-22(29(24)15(2)3)16(4)32-18-13-11-17(31-5)12-14-18/h7-16,21H,6H2,1-5H3,(H,26,30). The number of nitrogens with zero attached hydrogens (tertiary/aromatic N) is 3. The fourth-order valence-corrected chi connectivity index (χ4v) is 4.36. The van der Waals surface area contributed by atoms with Crippen molar-refractivity contribution in [1.82, 2.24) is 14.8 Å². The molecule has 0 aliphatic heterocycles. The number of para-hydroxylation sites is 1. The van der Waals surface area contributed by atoms with Crippen LogP contribution in [0.2, 0.25) is 0 Å². The van der Waals surface area contributed by atoms with E-state index in [9.17, 15) is 9.18 Å². The molecule has 1 aromatic heterocycles. The molecule has 0 radical (unpaired) electrons. The lowest BCUT2D eigenvalue weighted by Crippen LogP contribution is -2.25. The van der Waals surface area contributed by atoms with Gasteiger partial charge in [-0.15, -0.1) is 10.2 Å². The van der Waals surface area contributed by atoms with E-state index in [1.807, 2.05) is 56.5 Å². The molecule has 176 valence electrons. The van der Waals surface area contributed by atoms with Crippen LogP contribution in [0.3, 0.4) is 0 Å². The van der Waals surface area contributed by atoms with Crippen molar-refractivity contribution in [2.75, 3.05) is 12.4 Å². The van der Waals surface area contributed by atoms with Gasteiger partial charge in [0.05, 0.1) is 18.0 Å². The highest BCUT2D eigenvalue weighted by molar-refractivity contribution is 8.00. The van der Waals surface area contributed by atoms with Crippen molar-refractivity contribution in [2.45, 2.75) is 56.7 Å². The van der Waals surface area contributed by atoms with Crippen LogP contribution in [0, 0.1) is 5.82 Å². The Bertz CT molecular complexity index is 1070. The van der Waals surface area contributed by atoms with Crippen molar-refractivity contribution in [3.8, 4) is 11.5 Å². The molecule has 2 atom stereocenters. The van der Waals surface area contributed by atoms with Crippen LogP contribution in [0.25, 0.3) is 0 Å². The van der Waals surface area contributed by atoms with E-state index in [0.29, 0.717) is 23.2 Å². The first-order chi connectivity index (χ1) is 15.8. The van der Waals surface area contributed by atoms with Crippen molar-refractivity contribution in [1.29, 1.82) is 0 Å². The van der Waals surface area contributed by atoms with Gasteiger partial charge in [0.15, 0.2) is 17.1 Å². The van der Waals surface area contributed by atoms with Crippen LogP contribution in [-0.4, -0.2) is 33.0 Å². The molecular formula is C24H29FN4O3S. The number of carbonyl (C=O) groups is 1. The van der Waals surface area contributed by atoms with Gasteiger partial charge in [-0.1, -0.05) is 30.8 Å². The zero-order valence-electron chi connectivity index (χ0n) is 19.4. The van der Waals surface area contributed by atoms with Crippen LogP contribution in [0.15, 0.2) is 53.7 Å². The molecular weight excluding hydrogens is 443 g/mol. The SMILES string of the molecule is CCC(Sc1nnc(C(C)Oc2ccc(OC)cc2)n1C(C)C)C(=O)Nc1ccccc1F. The van der Waals surface area contributed by atoms with Crippen LogP contribution < -0.4 is 14.8 Å². The normalized spacial score (nSPS) is 12.9. The minimum atomic E-state index is -0.470. The fraction of sp³-hybridized carbons (Fsp3) is 0.375. The molecule has 2 unspecified atom stereocenters. The van der Waals surface area contributed by atoms with Gasteiger partial charge < -0.3 is 19.4 Å². The summed E-state index contributed by atoms with van der Waals surface area (Å²) in [5.41, 5.74) is 0.161.